The highest BCUT2D eigenvalue weighted by Crippen LogP contribution is 2.42. The van der Waals surface area contributed by atoms with E-state index >= 15 is 0 Å². The van der Waals surface area contributed by atoms with Gasteiger partial charge in [-0.2, -0.15) is 5.26 Å². The normalized spacial score (nSPS) is 22.6. The molecule has 182 valence electrons. The molecule has 2 aliphatic carbocycles. The second kappa shape index (κ2) is 9.40. The minimum Gasteiger partial charge on any atom is -0.369 e. The van der Waals surface area contributed by atoms with Crippen molar-refractivity contribution in [2.45, 2.75) is 70.8 Å². The average molecular weight is 511 g/mol. The number of amides is 1. The molecule has 0 spiro atoms. The largest absolute Gasteiger partial charge is 0.369 e. The quantitative estimate of drug-likeness (QED) is 0.467. The van der Waals surface area contributed by atoms with Crippen LogP contribution in [0.1, 0.15) is 80.7 Å². The molecule has 35 heavy (non-hydrogen) atoms. The summed E-state index contributed by atoms with van der Waals surface area (Å²) in [5, 5.41) is 10.1. The maximum absolute atomic E-state index is 12.0. The maximum Gasteiger partial charge on any atom is 0.223 e. The maximum atomic E-state index is 12.0. The molecule has 0 radical (unpaired) electrons. The van der Waals surface area contributed by atoms with Gasteiger partial charge in [-0.3, -0.25) is 4.79 Å². The molecule has 9 heteroatoms. The summed E-state index contributed by atoms with van der Waals surface area (Å²) in [6.07, 6.45) is 9.87. The fraction of sp³-hybridized carbons (Fsp3) is 0.500. The van der Waals surface area contributed by atoms with Crippen molar-refractivity contribution in [1.82, 2.24) is 19.5 Å². The van der Waals surface area contributed by atoms with E-state index in [-0.39, 0.29) is 11.9 Å². The Morgan fingerprint density at radius 1 is 1.20 bits per heavy atom. The van der Waals surface area contributed by atoms with Crippen LogP contribution < -0.4 is 5.73 Å². The molecule has 1 aromatic carbocycles. The van der Waals surface area contributed by atoms with Crippen LogP contribution in [0.25, 0.3) is 11.2 Å². The van der Waals surface area contributed by atoms with Crippen molar-refractivity contribution in [3.63, 3.8) is 0 Å². The molecular formula is C26H28Cl2N6O. The first-order valence-electron chi connectivity index (χ1n) is 12.2. The van der Waals surface area contributed by atoms with Crippen LogP contribution in [-0.4, -0.2) is 25.4 Å². The number of imidazole rings is 1. The van der Waals surface area contributed by atoms with Crippen LogP contribution in [0.5, 0.6) is 0 Å². The number of hydrogen-bond acceptors (Lipinski definition) is 5. The highest BCUT2D eigenvalue weighted by atomic mass is 35.5. The van der Waals surface area contributed by atoms with Crippen LogP contribution in [-0.2, 0) is 17.6 Å². The molecule has 0 atom stereocenters. The Morgan fingerprint density at radius 2 is 1.89 bits per heavy atom. The second-order valence-corrected chi connectivity index (χ2v) is 11.1. The number of carbonyl (C=O) groups excluding carboxylic acids is 1. The highest BCUT2D eigenvalue weighted by molar-refractivity contribution is 6.36. The van der Waals surface area contributed by atoms with Gasteiger partial charge in [0.05, 0.1) is 17.8 Å². The third kappa shape index (κ3) is 4.62. The van der Waals surface area contributed by atoms with E-state index in [1.807, 2.05) is 13.1 Å². The van der Waals surface area contributed by atoms with E-state index < -0.39 is 5.41 Å². The number of primary amides is 1. The number of carbonyl (C=O) groups is 1. The molecule has 2 saturated carbocycles. The van der Waals surface area contributed by atoms with Crippen molar-refractivity contribution < 1.29 is 4.79 Å². The van der Waals surface area contributed by atoms with Gasteiger partial charge in [-0.05, 0) is 49.3 Å². The molecule has 0 saturated heterocycles. The summed E-state index contributed by atoms with van der Waals surface area (Å²) in [7, 11) is 0. The van der Waals surface area contributed by atoms with Crippen LogP contribution in [0, 0.1) is 22.7 Å². The van der Waals surface area contributed by atoms with Crippen LogP contribution >= 0.6 is 23.2 Å². The van der Waals surface area contributed by atoms with Crippen LogP contribution in [0.4, 0.5) is 0 Å². The standard InChI is InChI=1S/C26H28Cl2N6O/c1-26(25(30)35)7-5-17(6-8-26)34-23(12-18-19(27)9-16(13-29)10-20(18)28)32-21-14-31-22(33-24(21)34)11-15-3-2-4-15/h9-10,14-15,17H,2-8,11-12H2,1H3,(H2,30,35). The number of nitriles is 1. The smallest absolute Gasteiger partial charge is 0.223 e. The Morgan fingerprint density at radius 3 is 2.46 bits per heavy atom. The lowest BCUT2D eigenvalue weighted by molar-refractivity contribution is -0.128. The van der Waals surface area contributed by atoms with Crippen LogP contribution in [0.3, 0.4) is 0 Å². The third-order valence-corrected chi connectivity index (χ3v) is 8.55. The topological polar surface area (TPSA) is 110 Å². The van der Waals surface area contributed by atoms with Gasteiger partial charge in [0.2, 0.25) is 5.91 Å². The lowest BCUT2D eigenvalue weighted by Crippen LogP contribution is -2.38. The molecule has 1 amide bonds. The van der Waals surface area contributed by atoms with Crippen LogP contribution in [0.2, 0.25) is 10.0 Å². The van der Waals surface area contributed by atoms with Gasteiger partial charge in [0.15, 0.2) is 5.65 Å². The van der Waals surface area contributed by atoms with Crippen molar-refractivity contribution in [2.24, 2.45) is 17.1 Å². The summed E-state index contributed by atoms with van der Waals surface area (Å²) in [5.41, 5.74) is 7.91. The molecule has 0 aliphatic heterocycles. The number of hydrogen-bond donors (Lipinski definition) is 1. The number of benzene rings is 1. The predicted molar refractivity (Wildman–Crippen MR) is 135 cm³/mol. The molecule has 2 fully saturated rings. The number of nitrogens with two attached hydrogens (primary N) is 1. The van der Waals surface area contributed by atoms with Crippen molar-refractivity contribution in [2.75, 3.05) is 0 Å². The average Bonchev–Trinajstić information content (AvgIpc) is 3.16. The second-order valence-electron chi connectivity index (χ2n) is 10.3. The molecule has 5 rings (SSSR count). The summed E-state index contributed by atoms with van der Waals surface area (Å²) in [4.78, 5) is 26.5. The SMILES string of the molecule is CC1(C(N)=O)CCC(n2c(Cc3c(Cl)cc(C#N)cc3Cl)nc3cnc(CC4CCC4)nc32)CC1. The Labute approximate surface area is 214 Å². The van der Waals surface area contributed by atoms with E-state index in [2.05, 4.69) is 15.6 Å². The van der Waals surface area contributed by atoms with E-state index in [4.69, 9.17) is 38.9 Å². The number of aromatic nitrogens is 4. The molecule has 3 aromatic rings. The summed E-state index contributed by atoms with van der Waals surface area (Å²) in [6, 6.07) is 5.48. The van der Waals surface area contributed by atoms with Gasteiger partial charge in [0, 0.05) is 34.3 Å². The van der Waals surface area contributed by atoms with Crippen molar-refractivity contribution in [1.29, 1.82) is 5.26 Å². The highest BCUT2D eigenvalue weighted by Gasteiger charge is 2.37. The number of rotatable bonds is 6. The monoisotopic (exact) mass is 510 g/mol. The predicted octanol–water partition coefficient (Wildman–Crippen LogP) is 5.54. The summed E-state index contributed by atoms with van der Waals surface area (Å²) >= 11 is 13.1. The van der Waals surface area contributed by atoms with Gasteiger partial charge < -0.3 is 10.3 Å². The van der Waals surface area contributed by atoms with E-state index in [1.54, 1.807) is 12.1 Å². The first-order valence-corrected chi connectivity index (χ1v) is 12.9. The van der Waals surface area contributed by atoms with Gasteiger partial charge in [0.1, 0.15) is 17.2 Å². The Balaban J connectivity index is 1.55. The molecule has 2 aromatic heterocycles. The fourth-order valence-corrected chi connectivity index (χ4v) is 5.89. The van der Waals surface area contributed by atoms with E-state index in [0.717, 1.165) is 47.6 Å². The van der Waals surface area contributed by atoms with Crippen LogP contribution in [0.15, 0.2) is 18.3 Å². The fourth-order valence-electron chi connectivity index (χ4n) is 5.27. The van der Waals surface area contributed by atoms with Gasteiger partial charge >= 0.3 is 0 Å². The van der Waals surface area contributed by atoms with E-state index in [9.17, 15) is 10.1 Å². The summed E-state index contributed by atoms with van der Waals surface area (Å²) in [5.74, 6) is 2.07. The molecular weight excluding hydrogens is 483 g/mol. The number of halogens is 2. The van der Waals surface area contributed by atoms with Gasteiger partial charge in [0.25, 0.3) is 0 Å². The minimum absolute atomic E-state index is 0.129. The number of nitrogens with zero attached hydrogens (tertiary/aromatic N) is 5. The Kier molecular flexibility index (Phi) is 6.45. The van der Waals surface area contributed by atoms with E-state index in [0.29, 0.717) is 40.8 Å². The van der Waals surface area contributed by atoms with Gasteiger partial charge in [-0.1, -0.05) is 49.4 Å². The first kappa shape index (κ1) is 24.0. The lowest BCUT2D eigenvalue weighted by atomic mass is 9.73. The Bertz CT molecular complexity index is 1310. The summed E-state index contributed by atoms with van der Waals surface area (Å²) in [6.45, 7) is 1.95. The molecule has 2 aliphatic rings. The number of fused-ring (bicyclic) bond motifs is 1. The zero-order valence-electron chi connectivity index (χ0n) is 19.7. The Hall–Kier alpha value is -2.69. The lowest BCUT2D eigenvalue weighted by Gasteiger charge is -2.36. The minimum atomic E-state index is -0.489. The first-order chi connectivity index (χ1) is 16.8. The molecule has 2 N–H and O–H groups in total. The van der Waals surface area contributed by atoms with Crippen molar-refractivity contribution in [3.8, 4) is 6.07 Å². The van der Waals surface area contributed by atoms with Gasteiger partial charge in [-0.25, -0.2) is 15.0 Å². The zero-order chi connectivity index (χ0) is 24.7. The van der Waals surface area contributed by atoms with E-state index in [1.165, 1.54) is 19.3 Å². The molecule has 0 bridgehead atoms. The van der Waals surface area contributed by atoms with Crippen molar-refractivity contribution >= 4 is 40.3 Å². The van der Waals surface area contributed by atoms with Gasteiger partial charge in [-0.15, -0.1) is 0 Å². The summed E-state index contributed by atoms with van der Waals surface area (Å²) < 4.78 is 2.20. The zero-order valence-corrected chi connectivity index (χ0v) is 21.2. The third-order valence-electron chi connectivity index (χ3n) is 7.88. The molecule has 0 unspecified atom stereocenters. The molecule has 2 heterocycles. The molecule has 7 nitrogen and oxygen atoms in total. The van der Waals surface area contributed by atoms with Crippen molar-refractivity contribution in [3.05, 3.63) is 51.2 Å².